The summed E-state index contributed by atoms with van der Waals surface area (Å²) in [6.07, 6.45) is 0. The Morgan fingerprint density at radius 3 is 2.56 bits per heavy atom. The normalized spacial score (nSPS) is 11.2. The Bertz CT molecular complexity index is 403. The van der Waals surface area contributed by atoms with Crippen LogP contribution in [-0.4, -0.2) is 35.4 Å². The van der Waals surface area contributed by atoms with Crippen molar-refractivity contribution in [3.63, 3.8) is 0 Å². The fourth-order valence-corrected chi connectivity index (χ4v) is 1.16. The third-order valence-corrected chi connectivity index (χ3v) is 1.97. The number of likely N-dealkylation sites (N-methyl/N-ethyl adjacent to an activating group) is 1. The van der Waals surface area contributed by atoms with Gasteiger partial charge < -0.3 is 15.8 Å². The average molecular weight is 225 g/mol. The maximum absolute atomic E-state index is 12.6. The van der Waals surface area contributed by atoms with Gasteiger partial charge in [0.05, 0.1) is 6.54 Å². The van der Waals surface area contributed by atoms with Crippen molar-refractivity contribution in [2.75, 3.05) is 13.6 Å². The van der Waals surface area contributed by atoms with Crippen LogP contribution < -0.4 is 5.73 Å². The van der Waals surface area contributed by atoms with Gasteiger partial charge in [-0.2, -0.15) is 0 Å². The molecule has 0 heterocycles. The molecule has 0 aliphatic rings. The lowest BCUT2D eigenvalue weighted by atomic mass is 10.2. The number of amidine groups is 1. The molecule has 1 aromatic rings. The van der Waals surface area contributed by atoms with E-state index in [9.17, 15) is 9.18 Å². The maximum atomic E-state index is 12.6. The van der Waals surface area contributed by atoms with Crippen molar-refractivity contribution in [1.82, 2.24) is 4.90 Å². The van der Waals surface area contributed by atoms with E-state index in [1.165, 1.54) is 36.2 Å². The molecule has 5 nitrogen and oxygen atoms in total. The smallest absolute Gasteiger partial charge is 0.254 e. The highest BCUT2D eigenvalue weighted by molar-refractivity contribution is 5.96. The fraction of sp³-hybridized carbons (Fsp3) is 0.200. The highest BCUT2D eigenvalue weighted by atomic mass is 19.1. The molecular formula is C10H12FN3O2. The number of nitrogens with two attached hydrogens (primary N) is 1. The summed E-state index contributed by atoms with van der Waals surface area (Å²) in [6.45, 7) is 0.00666. The fourth-order valence-electron chi connectivity index (χ4n) is 1.16. The number of hydrogen-bond acceptors (Lipinski definition) is 3. The van der Waals surface area contributed by atoms with Crippen LogP contribution in [0.1, 0.15) is 10.4 Å². The molecule has 0 radical (unpaired) electrons. The molecule has 0 aromatic heterocycles. The number of benzene rings is 1. The van der Waals surface area contributed by atoms with Crippen molar-refractivity contribution in [2.45, 2.75) is 0 Å². The molecule has 1 rings (SSSR count). The number of nitrogens with zero attached hydrogens (tertiary/aromatic N) is 2. The summed E-state index contributed by atoms with van der Waals surface area (Å²) in [4.78, 5) is 13.0. The lowest BCUT2D eigenvalue weighted by Gasteiger charge is -2.15. The van der Waals surface area contributed by atoms with E-state index in [1.807, 2.05) is 0 Å². The van der Waals surface area contributed by atoms with Crippen LogP contribution in [0.3, 0.4) is 0 Å². The van der Waals surface area contributed by atoms with Crippen molar-refractivity contribution in [2.24, 2.45) is 10.9 Å². The van der Waals surface area contributed by atoms with Crippen LogP contribution in [-0.2, 0) is 0 Å². The van der Waals surface area contributed by atoms with E-state index in [0.29, 0.717) is 5.56 Å². The third kappa shape index (κ3) is 2.94. The van der Waals surface area contributed by atoms with Gasteiger partial charge in [0, 0.05) is 12.6 Å². The van der Waals surface area contributed by atoms with Gasteiger partial charge in [0.2, 0.25) is 0 Å². The highest BCUT2D eigenvalue weighted by Gasteiger charge is 2.12. The third-order valence-electron chi connectivity index (χ3n) is 1.97. The first-order valence-corrected chi connectivity index (χ1v) is 4.52. The Labute approximate surface area is 92.0 Å². The summed E-state index contributed by atoms with van der Waals surface area (Å²) in [5.41, 5.74) is 5.60. The molecule has 0 bridgehead atoms. The lowest BCUT2D eigenvalue weighted by molar-refractivity contribution is 0.0813. The Morgan fingerprint density at radius 2 is 2.06 bits per heavy atom. The molecule has 0 fully saturated rings. The molecule has 1 aromatic carbocycles. The van der Waals surface area contributed by atoms with Crippen LogP contribution in [0, 0.1) is 5.82 Å². The van der Waals surface area contributed by atoms with E-state index < -0.39 is 5.82 Å². The zero-order chi connectivity index (χ0) is 12.1. The predicted molar refractivity (Wildman–Crippen MR) is 56.8 cm³/mol. The minimum absolute atomic E-state index is 0.00666. The van der Waals surface area contributed by atoms with Crippen LogP contribution in [0.4, 0.5) is 4.39 Å². The molecule has 0 spiro atoms. The number of halogens is 1. The van der Waals surface area contributed by atoms with E-state index in [2.05, 4.69) is 5.16 Å². The van der Waals surface area contributed by atoms with Crippen molar-refractivity contribution in [1.29, 1.82) is 0 Å². The Balaban J connectivity index is 2.74. The standard InChI is InChI=1S/C10H12FN3O2/c1-14(6-9(12)13-16)10(15)7-2-4-8(11)5-3-7/h2-5,16H,6H2,1H3,(H2,12,13). The Kier molecular flexibility index (Phi) is 3.82. The first-order chi connectivity index (χ1) is 7.54. The molecule has 16 heavy (non-hydrogen) atoms. The van der Waals surface area contributed by atoms with Crippen molar-refractivity contribution < 1.29 is 14.4 Å². The van der Waals surface area contributed by atoms with E-state index in [-0.39, 0.29) is 18.3 Å². The second-order valence-electron chi connectivity index (χ2n) is 3.26. The minimum atomic E-state index is -0.407. The van der Waals surface area contributed by atoms with Crippen LogP contribution in [0.2, 0.25) is 0 Å². The van der Waals surface area contributed by atoms with Gasteiger partial charge in [-0.3, -0.25) is 4.79 Å². The average Bonchev–Trinajstić information content (AvgIpc) is 2.28. The maximum Gasteiger partial charge on any atom is 0.254 e. The van der Waals surface area contributed by atoms with E-state index >= 15 is 0 Å². The topological polar surface area (TPSA) is 78.9 Å². The summed E-state index contributed by atoms with van der Waals surface area (Å²) >= 11 is 0. The molecule has 1 amide bonds. The number of carbonyl (C=O) groups is 1. The second kappa shape index (κ2) is 5.11. The van der Waals surface area contributed by atoms with E-state index in [4.69, 9.17) is 10.9 Å². The van der Waals surface area contributed by atoms with Crippen LogP contribution >= 0.6 is 0 Å². The van der Waals surface area contributed by atoms with Gasteiger partial charge in [-0.15, -0.1) is 0 Å². The molecule has 0 saturated heterocycles. The largest absolute Gasteiger partial charge is 0.409 e. The van der Waals surface area contributed by atoms with Crippen molar-refractivity contribution in [3.05, 3.63) is 35.6 Å². The first-order valence-electron chi connectivity index (χ1n) is 4.52. The van der Waals surface area contributed by atoms with Crippen molar-refractivity contribution in [3.8, 4) is 0 Å². The van der Waals surface area contributed by atoms with Gasteiger partial charge in [-0.25, -0.2) is 4.39 Å². The predicted octanol–water partition coefficient (Wildman–Crippen LogP) is 0.644. The van der Waals surface area contributed by atoms with Crippen LogP contribution in [0.5, 0.6) is 0 Å². The number of rotatable bonds is 3. The number of carbonyl (C=O) groups excluding carboxylic acids is 1. The molecule has 0 aliphatic carbocycles. The van der Waals surface area contributed by atoms with Gasteiger partial charge in [0.1, 0.15) is 5.82 Å². The first kappa shape index (κ1) is 12.0. The zero-order valence-electron chi connectivity index (χ0n) is 8.72. The molecule has 6 heteroatoms. The van der Waals surface area contributed by atoms with Gasteiger partial charge in [0.25, 0.3) is 5.91 Å². The highest BCUT2D eigenvalue weighted by Crippen LogP contribution is 2.05. The van der Waals surface area contributed by atoms with E-state index in [1.54, 1.807) is 0 Å². The number of oxime groups is 1. The summed E-state index contributed by atoms with van der Waals surface area (Å²) in [6, 6.07) is 5.15. The molecule has 0 atom stereocenters. The monoisotopic (exact) mass is 225 g/mol. The van der Waals surface area contributed by atoms with E-state index in [0.717, 1.165) is 0 Å². The Hall–Kier alpha value is -2.11. The minimum Gasteiger partial charge on any atom is -0.409 e. The molecular weight excluding hydrogens is 213 g/mol. The summed E-state index contributed by atoms with van der Waals surface area (Å²) < 4.78 is 12.6. The molecule has 0 unspecified atom stereocenters. The second-order valence-corrected chi connectivity index (χ2v) is 3.26. The SMILES string of the molecule is CN(CC(N)=NO)C(=O)c1ccc(F)cc1. The van der Waals surface area contributed by atoms with Crippen molar-refractivity contribution >= 4 is 11.7 Å². The van der Waals surface area contributed by atoms with Crippen LogP contribution in [0.25, 0.3) is 0 Å². The van der Waals surface area contributed by atoms with Gasteiger partial charge in [0.15, 0.2) is 5.84 Å². The zero-order valence-corrected chi connectivity index (χ0v) is 8.72. The van der Waals surface area contributed by atoms with Gasteiger partial charge in [-0.05, 0) is 24.3 Å². The summed E-state index contributed by atoms with van der Waals surface area (Å²) in [7, 11) is 1.50. The lowest BCUT2D eigenvalue weighted by Crippen LogP contribution is -2.35. The molecule has 3 N–H and O–H groups in total. The number of amides is 1. The quantitative estimate of drug-likeness (QED) is 0.343. The summed E-state index contributed by atoms with van der Waals surface area (Å²) in [5, 5.41) is 11.1. The molecule has 0 aliphatic heterocycles. The molecule has 0 saturated carbocycles. The summed E-state index contributed by atoms with van der Waals surface area (Å²) in [5.74, 6) is -0.805. The van der Waals surface area contributed by atoms with Crippen LogP contribution in [0.15, 0.2) is 29.4 Å². The number of hydrogen-bond donors (Lipinski definition) is 2. The molecule has 86 valence electrons. The Morgan fingerprint density at radius 1 is 1.50 bits per heavy atom. The van der Waals surface area contributed by atoms with Gasteiger partial charge >= 0.3 is 0 Å². The van der Waals surface area contributed by atoms with Gasteiger partial charge in [-0.1, -0.05) is 5.16 Å².